The van der Waals surface area contributed by atoms with Gasteiger partial charge in [0.2, 0.25) is 0 Å². The van der Waals surface area contributed by atoms with E-state index in [0.29, 0.717) is 21.4 Å². The van der Waals surface area contributed by atoms with Gasteiger partial charge in [0, 0.05) is 34.4 Å². The van der Waals surface area contributed by atoms with Crippen LogP contribution in [0.5, 0.6) is 0 Å². The SMILES string of the molecule is O=[N+]([O-])c1ccc([C@@H]2Nc3c(Cl)cc(Cl)cc3[C@@H]3[C@H](Cl)[C@@H](Sc4ccccc4[N+](=O)[O-])C[C@@H]32)cc1. The van der Waals surface area contributed by atoms with E-state index >= 15 is 0 Å². The maximum atomic E-state index is 11.6. The van der Waals surface area contributed by atoms with Crippen molar-refractivity contribution in [2.45, 2.75) is 33.9 Å². The summed E-state index contributed by atoms with van der Waals surface area (Å²) in [6.07, 6.45) is 0.674. The van der Waals surface area contributed by atoms with Crippen LogP contribution >= 0.6 is 46.6 Å². The number of thioether (sulfide) groups is 1. The first kappa shape index (κ1) is 24.2. The number of benzene rings is 3. The molecule has 0 spiro atoms. The van der Waals surface area contributed by atoms with E-state index < -0.39 is 4.92 Å². The molecule has 0 saturated heterocycles. The molecule has 0 bridgehead atoms. The maximum absolute atomic E-state index is 11.6. The summed E-state index contributed by atoms with van der Waals surface area (Å²) >= 11 is 21.4. The number of rotatable bonds is 5. The molecule has 3 aromatic carbocycles. The van der Waals surface area contributed by atoms with Crippen molar-refractivity contribution in [1.29, 1.82) is 0 Å². The van der Waals surface area contributed by atoms with Crippen molar-refractivity contribution in [2.75, 3.05) is 5.32 Å². The first-order valence-electron chi connectivity index (χ1n) is 10.8. The van der Waals surface area contributed by atoms with Gasteiger partial charge in [-0.25, -0.2) is 0 Å². The smallest absolute Gasteiger partial charge is 0.282 e. The molecule has 2 aliphatic rings. The first-order chi connectivity index (χ1) is 16.7. The molecule has 1 N–H and O–H groups in total. The molecular weight excluding hydrogens is 533 g/mol. The summed E-state index contributed by atoms with van der Waals surface area (Å²) in [6, 6.07) is 16.4. The summed E-state index contributed by atoms with van der Waals surface area (Å²) in [4.78, 5) is 22.4. The third-order valence-electron chi connectivity index (χ3n) is 6.64. The summed E-state index contributed by atoms with van der Waals surface area (Å²) in [7, 11) is 0. The molecule has 1 saturated carbocycles. The van der Waals surface area contributed by atoms with Crippen LogP contribution in [0.15, 0.2) is 65.6 Å². The Kier molecular flexibility index (Phi) is 6.57. The van der Waals surface area contributed by atoms with Gasteiger partial charge in [-0.15, -0.1) is 23.4 Å². The molecule has 0 amide bonds. The van der Waals surface area contributed by atoms with Gasteiger partial charge in [-0.2, -0.15) is 0 Å². The Morgan fingerprint density at radius 3 is 2.37 bits per heavy atom. The van der Waals surface area contributed by atoms with Crippen LogP contribution in [-0.4, -0.2) is 20.5 Å². The average molecular weight is 551 g/mol. The maximum Gasteiger partial charge on any atom is 0.282 e. The fourth-order valence-electron chi connectivity index (χ4n) is 5.15. The van der Waals surface area contributed by atoms with Gasteiger partial charge >= 0.3 is 0 Å². The lowest BCUT2D eigenvalue weighted by molar-refractivity contribution is -0.387. The number of nitro groups is 2. The molecule has 1 fully saturated rings. The van der Waals surface area contributed by atoms with Crippen LogP contribution in [0.1, 0.15) is 29.5 Å². The van der Waals surface area contributed by atoms with Crippen molar-refractivity contribution in [1.82, 2.24) is 0 Å². The highest BCUT2D eigenvalue weighted by molar-refractivity contribution is 8.00. The Balaban J connectivity index is 1.55. The van der Waals surface area contributed by atoms with Crippen molar-refractivity contribution in [2.24, 2.45) is 5.92 Å². The lowest BCUT2D eigenvalue weighted by Crippen LogP contribution is -2.31. The Labute approximate surface area is 220 Å². The number of anilines is 1. The average Bonchev–Trinajstić information content (AvgIpc) is 3.15. The molecule has 11 heteroatoms. The highest BCUT2D eigenvalue weighted by Gasteiger charge is 2.51. The first-order valence-corrected chi connectivity index (χ1v) is 12.9. The second kappa shape index (κ2) is 9.50. The van der Waals surface area contributed by atoms with Crippen molar-refractivity contribution in [3.8, 4) is 0 Å². The van der Waals surface area contributed by atoms with Crippen LogP contribution in [0.25, 0.3) is 0 Å². The summed E-state index contributed by atoms with van der Waals surface area (Å²) in [5.74, 6) is -0.106. The quantitative estimate of drug-likeness (QED) is 0.197. The third kappa shape index (κ3) is 4.44. The van der Waals surface area contributed by atoms with Gasteiger partial charge in [-0.3, -0.25) is 20.2 Å². The largest absolute Gasteiger partial charge is 0.376 e. The minimum absolute atomic E-state index is 0.0118. The van der Waals surface area contributed by atoms with Crippen LogP contribution in [0, 0.1) is 26.1 Å². The van der Waals surface area contributed by atoms with E-state index in [4.69, 9.17) is 34.8 Å². The van der Waals surface area contributed by atoms with Crippen molar-refractivity contribution < 1.29 is 9.85 Å². The zero-order valence-electron chi connectivity index (χ0n) is 17.9. The predicted octanol–water partition coefficient (Wildman–Crippen LogP) is 7.85. The molecule has 35 heavy (non-hydrogen) atoms. The van der Waals surface area contributed by atoms with E-state index in [1.54, 1.807) is 36.4 Å². The van der Waals surface area contributed by atoms with Gasteiger partial charge < -0.3 is 5.32 Å². The van der Waals surface area contributed by atoms with Crippen LogP contribution in [0.3, 0.4) is 0 Å². The number of para-hydroxylation sites is 1. The molecule has 0 unspecified atom stereocenters. The molecule has 1 aliphatic carbocycles. The molecule has 3 aromatic rings. The molecule has 7 nitrogen and oxygen atoms in total. The molecule has 0 radical (unpaired) electrons. The third-order valence-corrected chi connectivity index (χ3v) is 9.27. The van der Waals surface area contributed by atoms with E-state index in [9.17, 15) is 20.2 Å². The molecule has 5 atom stereocenters. The van der Waals surface area contributed by atoms with Crippen LogP contribution in [0.2, 0.25) is 10.0 Å². The zero-order valence-corrected chi connectivity index (χ0v) is 21.0. The van der Waals surface area contributed by atoms with E-state index in [1.807, 2.05) is 6.07 Å². The van der Waals surface area contributed by atoms with E-state index in [-0.39, 0.29) is 44.8 Å². The summed E-state index contributed by atoms with van der Waals surface area (Å²) in [6.45, 7) is 0. The fourth-order valence-corrected chi connectivity index (χ4v) is 7.65. The molecule has 1 heterocycles. The highest BCUT2D eigenvalue weighted by Crippen LogP contribution is 2.59. The van der Waals surface area contributed by atoms with Crippen molar-refractivity contribution in [3.63, 3.8) is 0 Å². The second-order valence-corrected chi connectivity index (χ2v) is 11.2. The fraction of sp³-hybridized carbons (Fsp3) is 0.250. The van der Waals surface area contributed by atoms with Gasteiger partial charge in [-0.1, -0.05) is 47.5 Å². The monoisotopic (exact) mass is 549 g/mol. The Bertz CT molecular complexity index is 1320. The van der Waals surface area contributed by atoms with Crippen LogP contribution < -0.4 is 5.32 Å². The topological polar surface area (TPSA) is 98.3 Å². The Hall–Kier alpha value is -2.52. The lowest BCUT2D eigenvalue weighted by Gasteiger charge is -2.39. The van der Waals surface area contributed by atoms with Gasteiger partial charge in [-0.05, 0) is 41.7 Å². The van der Waals surface area contributed by atoms with E-state index in [0.717, 1.165) is 16.8 Å². The number of fused-ring (bicyclic) bond motifs is 3. The predicted molar refractivity (Wildman–Crippen MR) is 139 cm³/mol. The summed E-state index contributed by atoms with van der Waals surface area (Å²) < 4.78 is 0. The molecule has 180 valence electrons. The number of nitrogens with zero attached hydrogens (tertiary/aromatic N) is 2. The number of nitrogens with one attached hydrogen (secondary N) is 1. The standard InChI is InChI=1S/C24H18Cl3N3O4S/c25-13-9-15-21-16(11-20(22(21)27)35-19-4-2-1-3-18(19)30(33)34)23(28-24(15)17(26)10-13)12-5-7-14(8-6-12)29(31)32/h1-10,16,20-23,28H,11H2/t16-,20-,21-,22+,23-/m0/s1. The zero-order chi connectivity index (χ0) is 24.9. The van der Waals surface area contributed by atoms with Gasteiger partial charge in [0.15, 0.2) is 0 Å². The minimum atomic E-state index is -0.432. The number of nitro benzene ring substituents is 2. The van der Waals surface area contributed by atoms with Crippen LogP contribution in [-0.2, 0) is 0 Å². The van der Waals surface area contributed by atoms with Gasteiger partial charge in [0.25, 0.3) is 11.4 Å². The molecule has 1 aliphatic heterocycles. The number of alkyl halides is 1. The minimum Gasteiger partial charge on any atom is -0.376 e. The van der Waals surface area contributed by atoms with Crippen molar-refractivity contribution >= 4 is 63.6 Å². The van der Waals surface area contributed by atoms with E-state index in [1.165, 1.54) is 30.0 Å². The molecule has 0 aromatic heterocycles. The van der Waals surface area contributed by atoms with Crippen molar-refractivity contribution in [3.05, 3.63) is 102 Å². The van der Waals surface area contributed by atoms with Crippen LogP contribution in [0.4, 0.5) is 17.1 Å². The van der Waals surface area contributed by atoms with Gasteiger partial charge in [0.1, 0.15) is 0 Å². The Morgan fingerprint density at radius 2 is 1.69 bits per heavy atom. The Morgan fingerprint density at radius 1 is 0.971 bits per heavy atom. The second-order valence-electron chi connectivity index (χ2n) is 8.57. The summed E-state index contributed by atoms with van der Waals surface area (Å²) in [5.41, 5.74) is 2.59. The number of halogens is 3. The lowest BCUT2D eigenvalue weighted by atomic mass is 9.77. The highest BCUT2D eigenvalue weighted by atomic mass is 35.5. The number of non-ortho nitro benzene ring substituents is 1. The molecular formula is C24H18Cl3N3O4S. The van der Waals surface area contributed by atoms with Gasteiger partial charge in [0.05, 0.1) is 36.9 Å². The summed E-state index contributed by atoms with van der Waals surface area (Å²) in [5, 5.41) is 26.7. The molecule has 5 rings (SSSR count). The normalized spacial score (nSPS) is 24.8. The van der Waals surface area contributed by atoms with E-state index in [2.05, 4.69) is 5.32 Å². The number of hydrogen-bond donors (Lipinski definition) is 1. The number of hydrogen-bond acceptors (Lipinski definition) is 6.